The molecule has 130 valence electrons. The van der Waals surface area contributed by atoms with Crippen molar-refractivity contribution >= 4 is 34.9 Å². The zero-order valence-electron chi connectivity index (χ0n) is 13.3. The van der Waals surface area contributed by atoms with Crippen molar-refractivity contribution < 1.29 is 9.53 Å². The number of benzene rings is 1. The number of nitrogens with one attached hydrogen (secondary N) is 2. The molecular formula is C17H16Cl2N4O2. The van der Waals surface area contributed by atoms with E-state index in [0.29, 0.717) is 47.5 Å². The Balaban J connectivity index is 1.58. The molecule has 1 aromatic heterocycles. The van der Waals surface area contributed by atoms with Gasteiger partial charge < -0.3 is 10.1 Å². The van der Waals surface area contributed by atoms with Crippen molar-refractivity contribution in [3.05, 3.63) is 57.8 Å². The molecule has 1 aliphatic rings. The first-order valence-corrected chi connectivity index (χ1v) is 8.52. The van der Waals surface area contributed by atoms with Gasteiger partial charge in [-0.3, -0.25) is 4.98 Å². The fourth-order valence-corrected chi connectivity index (χ4v) is 2.78. The van der Waals surface area contributed by atoms with Crippen molar-refractivity contribution in [3.8, 4) is 5.75 Å². The summed E-state index contributed by atoms with van der Waals surface area (Å²) in [7, 11) is 0. The number of ether oxygens (including phenoxy) is 1. The van der Waals surface area contributed by atoms with Crippen LogP contribution in [0.2, 0.25) is 10.0 Å². The zero-order chi connectivity index (χ0) is 17.6. The highest BCUT2D eigenvalue weighted by Crippen LogP contribution is 2.37. The number of hydrogen-bond donors (Lipinski definition) is 2. The average molecular weight is 379 g/mol. The van der Waals surface area contributed by atoms with E-state index in [4.69, 9.17) is 27.9 Å². The summed E-state index contributed by atoms with van der Waals surface area (Å²) in [6, 6.07) is 8.76. The Bertz CT molecular complexity index is 797. The third-order valence-corrected chi connectivity index (χ3v) is 4.42. The molecule has 0 radical (unpaired) electrons. The molecule has 2 aromatic rings. The van der Waals surface area contributed by atoms with Crippen molar-refractivity contribution in [2.45, 2.75) is 12.8 Å². The number of halogens is 2. The van der Waals surface area contributed by atoms with Gasteiger partial charge in [0.15, 0.2) is 0 Å². The predicted octanol–water partition coefficient (Wildman–Crippen LogP) is 3.42. The van der Waals surface area contributed by atoms with Gasteiger partial charge >= 0.3 is 6.03 Å². The van der Waals surface area contributed by atoms with E-state index in [0.717, 1.165) is 11.3 Å². The van der Waals surface area contributed by atoms with Gasteiger partial charge in [-0.1, -0.05) is 29.3 Å². The van der Waals surface area contributed by atoms with E-state index in [1.165, 1.54) is 0 Å². The number of pyridine rings is 1. The molecule has 2 amide bonds. The van der Waals surface area contributed by atoms with Gasteiger partial charge in [-0.15, -0.1) is 0 Å². The lowest BCUT2D eigenvalue weighted by atomic mass is 10.0. The molecule has 2 N–H and O–H groups in total. The summed E-state index contributed by atoms with van der Waals surface area (Å²) >= 11 is 12.1. The maximum Gasteiger partial charge on any atom is 0.335 e. The second kappa shape index (κ2) is 8.18. The normalized spacial score (nSPS) is 14.6. The summed E-state index contributed by atoms with van der Waals surface area (Å²) in [5.74, 6) is 0.497. The SMILES string of the molecule is O=C(NCCc1ccccn1)N/N=C1/CCOc2c1ccc(Cl)c2Cl. The van der Waals surface area contributed by atoms with Crippen LogP contribution in [0.3, 0.4) is 0 Å². The first-order valence-electron chi connectivity index (χ1n) is 7.76. The predicted molar refractivity (Wildman–Crippen MR) is 97.6 cm³/mol. The summed E-state index contributed by atoms with van der Waals surface area (Å²) in [4.78, 5) is 16.1. The van der Waals surface area contributed by atoms with Gasteiger partial charge in [0.05, 0.1) is 17.3 Å². The zero-order valence-corrected chi connectivity index (χ0v) is 14.8. The van der Waals surface area contributed by atoms with Crippen LogP contribution in [0.25, 0.3) is 0 Å². The van der Waals surface area contributed by atoms with E-state index in [1.54, 1.807) is 18.3 Å². The van der Waals surface area contributed by atoms with Crippen LogP contribution in [-0.2, 0) is 6.42 Å². The fourth-order valence-electron chi connectivity index (χ4n) is 2.41. The number of aromatic nitrogens is 1. The molecule has 25 heavy (non-hydrogen) atoms. The summed E-state index contributed by atoms with van der Waals surface area (Å²) in [5.41, 5.74) is 4.84. The van der Waals surface area contributed by atoms with Crippen LogP contribution < -0.4 is 15.5 Å². The maximum atomic E-state index is 11.9. The summed E-state index contributed by atoms with van der Waals surface area (Å²) in [6.07, 6.45) is 2.94. The molecule has 0 unspecified atom stereocenters. The lowest BCUT2D eigenvalue weighted by molar-refractivity contribution is 0.241. The van der Waals surface area contributed by atoms with Crippen LogP contribution in [0.1, 0.15) is 17.7 Å². The van der Waals surface area contributed by atoms with Crippen molar-refractivity contribution in [1.29, 1.82) is 0 Å². The summed E-state index contributed by atoms with van der Waals surface area (Å²) < 4.78 is 5.55. The van der Waals surface area contributed by atoms with Gasteiger partial charge in [0.25, 0.3) is 0 Å². The Morgan fingerprint density at radius 2 is 2.16 bits per heavy atom. The second-order valence-electron chi connectivity index (χ2n) is 5.33. The summed E-state index contributed by atoms with van der Waals surface area (Å²) in [6.45, 7) is 0.893. The molecule has 6 nitrogen and oxygen atoms in total. The van der Waals surface area contributed by atoms with E-state index in [-0.39, 0.29) is 6.03 Å². The Kier molecular flexibility index (Phi) is 5.73. The minimum atomic E-state index is -0.378. The molecule has 3 rings (SSSR count). The number of carbonyl (C=O) groups is 1. The van der Waals surface area contributed by atoms with E-state index < -0.39 is 0 Å². The standard InChI is InChI=1S/C17H16Cl2N4O2/c18-13-5-4-12-14(7-10-25-16(12)15(13)19)22-23-17(24)21-9-6-11-3-1-2-8-20-11/h1-5,8H,6-7,9-10H2,(H2,21,23,24)/b22-14-. The second-order valence-corrected chi connectivity index (χ2v) is 6.12. The van der Waals surface area contributed by atoms with Crippen molar-refractivity contribution in [3.63, 3.8) is 0 Å². The number of nitrogens with zero attached hydrogens (tertiary/aromatic N) is 2. The molecule has 1 aromatic carbocycles. The van der Waals surface area contributed by atoms with Gasteiger partial charge in [0.1, 0.15) is 10.8 Å². The molecule has 0 bridgehead atoms. The van der Waals surface area contributed by atoms with Gasteiger partial charge in [-0.2, -0.15) is 5.10 Å². The van der Waals surface area contributed by atoms with E-state index in [1.807, 2.05) is 18.2 Å². The van der Waals surface area contributed by atoms with E-state index >= 15 is 0 Å². The number of amides is 2. The first kappa shape index (κ1) is 17.5. The number of carbonyl (C=O) groups excluding carboxylic acids is 1. The molecule has 0 fully saturated rings. The molecule has 2 heterocycles. The van der Waals surface area contributed by atoms with Crippen LogP contribution in [0.15, 0.2) is 41.6 Å². The monoisotopic (exact) mass is 378 g/mol. The average Bonchev–Trinajstić information content (AvgIpc) is 2.64. The first-order chi connectivity index (χ1) is 12.1. The van der Waals surface area contributed by atoms with Crippen LogP contribution in [0, 0.1) is 0 Å². The topological polar surface area (TPSA) is 75.6 Å². The number of hydrogen-bond acceptors (Lipinski definition) is 4. The number of rotatable bonds is 4. The van der Waals surface area contributed by atoms with E-state index in [2.05, 4.69) is 20.8 Å². The molecule has 0 saturated heterocycles. The van der Waals surface area contributed by atoms with Crippen molar-refractivity contribution in [1.82, 2.24) is 15.7 Å². The molecule has 0 spiro atoms. The van der Waals surface area contributed by atoms with Gasteiger partial charge in [0, 0.05) is 36.8 Å². The highest BCUT2D eigenvalue weighted by molar-refractivity contribution is 6.43. The lowest BCUT2D eigenvalue weighted by Gasteiger charge is -2.20. The summed E-state index contributed by atoms with van der Waals surface area (Å²) in [5, 5.41) is 7.69. The fraction of sp³-hybridized carbons (Fsp3) is 0.235. The smallest absolute Gasteiger partial charge is 0.335 e. The molecular weight excluding hydrogens is 363 g/mol. The van der Waals surface area contributed by atoms with Crippen LogP contribution in [0.4, 0.5) is 4.79 Å². The molecule has 8 heteroatoms. The molecule has 0 aliphatic carbocycles. The molecule has 1 aliphatic heterocycles. The molecule has 0 atom stereocenters. The van der Waals surface area contributed by atoms with E-state index in [9.17, 15) is 4.79 Å². The third-order valence-electron chi connectivity index (χ3n) is 3.63. The van der Waals surface area contributed by atoms with Crippen LogP contribution in [0.5, 0.6) is 5.75 Å². The molecule has 0 saturated carbocycles. The third kappa shape index (κ3) is 4.41. The number of urea groups is 1. The largest absolute Gasteiger partial charge is 0.491 e. The van der Waals surface area contributed by atoms with Gasteiger partial charge in [-0.05, 0) is 24.3 Å². The Morgan fingerprint density at radius 1 is 1.28 bits per heavy atom. The quantitative estimate of drug-likeness (QED) is 0.800. The minimum Gasteiger partial charge on any atom is -0.491 e. The Hall–Kier alpha value is -2.31. The Morgan fingerprint density at radius 3 is 2.96 bits per heavy atom. The van der Waals surface area contributed by atoms with Crippen LogP contribution >= 0.6 is 23.2 Å². The van der Waals surface area contributed by atoms with Gasteiger partial charge in [0.2, 0.25) is 0 Å². The minimum absolute atomic E-state index is 0.353. The Labute approximate surface area is 155 Å². The number of fused-ring (bicyclic) bond motifs is 1. The maximum absolute atomic E-state index is 11.9. The van der Waals surface area contributed by atoms with Crippen molar-refractivity contribution in [2.24, 2.45) is 5.10 Å². The van der Waals surface area contributed by atoms with Gasteiger partial charge in [-0.25, -0.2) is 10.2 Å². The van der Waals surface area contributed by atoms with Crippen molar-refractivity contribution in [2.75, 3.05) is 13.2 Å². The van der Waals surface area contributed by atoms with Crippen LogP contribution in [-0.4, -0.2) is 29.9 Å². The number of hydrazone groups is 1. The lowest BCUT2D eigenvalue weighted by Crippen LogP contribution is -2.35. The highest BCUT2D eigenvalue weighted by atomic mass is 35.5. The highest BCUT2D eigenvalue weighted by Gasteiger charge is 2.21.